The van der Waals surface area contributed by atoms with Crippen molar-refractivity contribution >= 4 is 28.2 Å². The van der Waals surface area contributed by atoms with Gasteiger partial charge in [0.25, 0.3) is 5.91 Å². The number of amides is 1. The first kappa shape index (κ1) is 24.8. The van der Waals surface area contributed by atoms with E-state index < -0.39 is 23.1 Å². The SMILES string of the molecule is Cc1ccc2[nH]cc(C(=O)Nc3ccc(N(C)C4CCCC(C)CC4)cc3C(F)(F)F)c(=O)c2c1. The largest absolute Gasteiger partial charge is 0.418 e. The number of nitrogens with one attached hydrogen (secondary N) is 2. The number of pyridine rings is 1. The first-order chi connectivity index (χ1) is 16.5. The molecule has 1 saturated carbocycles. The topological polar surface area (TPSA) is 65.2 Å². The highest BCUT2D eigenvalue weighted by Gasteiger charge is 2.35. The molecule has 2 aromatic carbocycles. The Balaban J connectivity index is 1.64. The molecule has 1 aliphatic carbocycles. The van der Waals surface area contributed by atoms with Gasteiger partial charge < -0.3 is 15.2 Å². The van der Waals surface area contributed by atoms with Crippen LogP contribution in [-0.4, -0.2) is 24.0 Å². The fourth-order valence-electron chi connectivity index (χ4n) is 4.85. The van der Waals surface area contributed by atoms with Crippen LogP contribution in [0.5, 0.6) is 0 Å². The average Bonchev–Trinajstić information content (AvgIpc) is 3.03. The molecule has 1 fully saturated rings. The normalized spacial score (nSPS) is 18.8. The molecule has 4 rings (SSSR count). The zero-order valence-corrected chi connectivity index (χ0v) is 20.1. The minimum Gasteiger partial charge on any atom is -0.372 e. The molecule has 1 heterocycles. The highest BCUT2D eigenvalue weighted by molar-refractivity contribution is 6.06. The second-order valence-electron chi connectivity index (χ2n) is 9.64. The predicted octanol–water partition coefficient (Wildman–Crippen LogP) is 6.51. The van der Waals surface area contributed by atoms with Crippen LogP contribution in [0, 0.1) is 12.8 Å². The number of benzene rings is 2. The molecular formula is C27H30F3N3O2. The number of H-pyrrole nitrogens is 1. The standard InChI is InChI=1S/C27H30F3N3O2/c1-16-5-4-6-18(9-7-16)33(3)19-10-12-24(22(14-19)27(28,29)30)32-26(35)21-15-31-23-11-8-17(2)13-20(23)25(21)34/h8,10-16,18H,4-7,9H2,1-3H3,(H,31,34)(H,32,35). The van der Waals surface area contributed by atoms with Gasteiger partial charge in [0.2, 0.25) is 5.43 Å². The third-order valence-corrected chi connectivity index (χ3v) is 7.02. The van der Waals surface area contributed by atoms with Gasteiger partial charge in [-0.3, -0.25) is 9.59 Å². The summed E-state index contributed by atoms with van der Waals surface area (Å²) >= 11 is 0. The highest BCUT2D eigenvalue weighted by Crippen LogP contribution is 2.38. The van der Waals surface area contributed by atoms with E-state index in [9.17, 15) is 22.8 Å². The molecule has 0 saturated heterocycles. The smallest absolute Gasteiger partial charge is 0.372 e. The van der Waals surface area contributed by atoms with Crippen LogP contribution in [0.1, 0.15) is 60.5 Å². The van der Waals surface area contributed by atoms with Crippen LogP contribution in [0.4, 0.5) is 24.5 Å². The van der Waals surface area contributed by atoms with Crippen LogP contribution in [0.15, 0.2) is 47.4 Å². The number of hydrogen-bond donors (Lipinski definition) is 2. The molecule has 0 bridgehead atoms. The molecule has 2 unspecified atom stereocenters. The molecule has 35 heavy (non-hydrogen) atoms. The number of fused-ring (bicyclic) bond motifs is 1. The summed E-state index contributed by atoms with van der Waals surface area (Å²) in [6.07, 6.45) is 1.66. The van der Waals surface area contributed by atoms with Crippen molar-refractivity contribution in [2.24, 2.45) is 5.92 Å². The predicted molar refractivity (Wildman–Crippen MR) is 133 cm³/mol. The van der Waals surface area contributed by atoms with E-state index >= 15 is 0 Å². The number of anilines is 2. The summed E-state index contributed by atoms with van der Waals surface area (Å²) in [5.41, 5.74) is -0.259. The van der Waals surface area contributed by atoms with Crippen LogP contribution in [0.25, 0.3) is 10.9 Å². The fourth-order valence-corrected chi connectivity index (χ4v) is 4.85. The maximum Gasteiger partial charge on any atom is 0.418 e. The van der Waals surface area contributed by atoms with Gasteiger partial charge in [0.15, 0.2) is 0 Å². The first-order valence-electron chi connectivity index (χ1n) is 11.9. The van der Waals surface area contributed by atoms with E-state index in [2.05, 4.69) is 17.2 Å². The van der Waals surface area contributed by atoms with Crippen LogP contribution in [0.2, 0.25) is 0 Å². The molecule has 1 aromatic heterocycles. The number of aromatic amines is 1. The number of halogens is 3. The fraction of sp³-hybridized carbons (Fsp3) is 0.407. The lowest BCUT2D eigenvalue weighted by molar-refractivity contribution is -0.136. The number of aromatic nitrogens is 1. The lowest BCUT2D eigenvalue weighted by Gasteiger charge is -2.30. The zero-order chi connectivity index (χ0) is 25.3. The number of rotatable bonds is 4. The molecule has 0 radical (unpaired) electrons. The van der Waals surface area contributed by atoms with Gasteiger partial charge in [-0.15, -0.1) is 0 Å². The molecule has 2 N–H and O–H groups in total. The quantitative estimate of drug-likeness (QED) is 0.414. The lowest BCUT2D eigenvalue weighted by Crippen LogP contribution is -2.31. The van der Waals surface area contributed by atoms with Gasteiger partial charge >= 0.3 is 6.18 Å². The molecule has 8 heteroatoms. The minimum absolute atomic E-state index is 0.168. The van der Waals surface area contributed by atoms with Gasteiger partial charge in [0, 0.05) is 35.9 Å². The molecule has 5 nitrogen and oxygen atoms in total. The van der Waals surface area contributed by atoms with Crippen molar-refractivity contribution in [3.63, 3.8) is 0 Å². The van der Waals surface area contributed by atoms with Crippen molar-refractivity contribution in [1.29, 1.82) is 0 Å². The van der Waals surface area contributed by atoms with Crippen LogP contribution < -0.4 is 15.6 Å². The maximum atomic E-state index is 14.0. The Hall–Kier alpha value is -3.29. The second-order valence-corrected chi connectivity index (χ2v) is 9.64. The molecule has 1 aliphatic rings. The Bertz CT molecular complexity index is 1300. The maximum absolute atomic E-state index is 14.0. The van der Waals surface area contributed by atoms with E-state index in [1.54, 1.807) is 18.2 Å². The third-order valence-electron chi connectivity index (χ3n) is 7.02. The first-order valence-corrected chi connectivity index (χ1v) is 11.9. The molecular weight excluding hydrogens is 455 g/mol. The summed E-state index contributed by atoms with van der Waals surface area (Å²) in [6.45, 7) is 4.03. The molecule has 0 aliphatic heterocycles. The van der Waals surface area contributed by atoms with E-state index in [0.717, 1.165) is 43.7 Å². The Kier molecular flexibility index (Phi) is 6.92. The lowest BCUT2D eigenvalue weighted by atomic mass is 10.0. The average molecular weight is 486 g/mol. The van der Waals surface area contributed by atoms with Crippen molar-refractivity contribution in [3.8, 4) is 0 Å². The second kappa shape index (κ2) is 9.76. The Labute approximate surface area is 202 Å². The Morgan fingerprint density at radius 3 is 2.60 bits per heavy atom. The van der Waals surface area contributed by atoms with Crippen molar-refractivity contribution in [2.45, 2.75) is 58.2 Å². The summed E-state index contributed by atoms with van der Waals surface area (Å²) in [6, 6.07) is 9.30. The summed E-state index contributed by atoms with van der Waals surface area (Å²) in [5.74, 6) is -0.266. The number of carbonyl (C=O) groups is 1. The molecule has 1 amide bonds. The van der Waals surface area contributed by atoms with Crippen LogP contribution >= 0.6 is 0 Å². The zero-order valence-electron chi connectivity index (χ0n) is 20.1. The molecule has 2 atom stereocenters. The molecule has 186 valence electrons. The van der Waals surface area contributed by atoms with E-state index in [1.165, 1.54) is 12.3 Å². The van der Waals surface area contributed by atoms with Gasteiger partial charge in [-0.25, -0.2) is 0 Å². The number of hydrogen-bond acceptors (Lipinski definition) is 3. The van der Waals surface area contributed by atoms with Crippen molar-refractivity contribution in [1.82, 2.24) is 4.98 Å². The van der Waals surface area contributed by atoms with Gasteiger partial charge in [-0.1, -0.05) is 31.4 Å². The highest BCUT2D eigenvalue weighted by atomic mass is 19.4. The van der Waals surface area contributed by atoms with Gasteiger partial charge in [-0.2, -0.15) is 13.2 Å². The van der Waals surface area contributed by atoms with Crippen molar-refractivity contribution in [2.75, 3.05) is 17.3 Å². The molecule has 3 aromatic rings. The van der Waals surface area contributed by atoms with Crippen molar-refractivity contribution < 1.29 is 18.0 Å². The van der Waals surface area contributed by atoms with E-state index in [4.69, 9.17) is 0 Å². The minimum atomic E-state index is -4.68. The van der Waals surface area contributed by atoms with Gasteiger partial charge in [-0.05, 0) is 62.4 Å². The summed E-state index contributed by atoms with van der Waals surface area (Å²) < 4.78 is 42.0. The Morgan fingerprint density at radius 2 is 1.86 bits per heavy atom. The number of aryl methyl sites for hydroxylation is 1. The summed E-state index contributed by atoms with van der Waals surface area (Å²) in [5, 5.41) is 2.63. The number of carbonyl (C=O) groups excluding carboxylic acids is 1. The monoisotopic (exact) mass is 485 g/mol. The van der Waals surface area contributed by atoms with Crippen molar-refractivity contribution in [3.05, 3.63) is 69.5 Å². The van der Waals surface area contributed by atoms with E-state index in [1.807, 2.05) is 24.9 Å². The number of alkyl halides is 3. The van der Waals surface area contributed by atoms with E-state index in [0.29, 0.717) is 22.5 Å². The number of nitrogens with zero attached hydrogens (tertiary/aromatic N) is 1. The summed E-state index contributed by atoms with van der Waals surface area (Å²) in [7, 11) is 1.82. The van der Waals surface area contributed by atoms with Gasteiger partial charge in [0.1, 0.15) is 5.56 Å². The van der Waals surface area contributed by atoms with Crippen LogP contribution in [-0.2, 0) is 6.18 Å². The van der Waals surface area contributed by atoms with E-state index in [-0.39, 0.29) is 17.3 Å². The van der Waals surface area contributed by atoms with Crippen LogP contribution in [0.3, 0.4) is 0 Å². The summed E-state index contributed by atoms with van der Waals surface area (Å²) in [4.78, 5) is 30.5. The van der Waals surface area contributed by atoms with Gasteiger partial charge in [0.05, 0.1) is 11.3 Å². The molecule has 0 spiro atoms. The third kappa shape index (κ3) is 5.36. The Morgan fingerprint density at radius 1 is 1.09 bits per heavy atom.